The molecule has 1 heterocycles. The fraction of sp³-hybridized carbons (Fsp3) is 0.400. The number of hydrogen-bond acceptors (Lipinski definition) is 4. The van der Waals surface area contributed by atoms with Crippen LogP contribution in [0.4, 0.5) is 5.69 Å². The average molecular weight is 209 g/mol. The summed E-state index contributed by atoms with van der Waals surface area (Å²) in [5.41, 5.74) is 6.07. The van der Waals surface area contributed by atoms with E-state index in [0.29, 0.717) is 11.6 Å². The first-order valence-electron chi connectivity index (χ1n) is 4.68. The van der Waals surface area contributed by atoms with Gasteiger partial charge in [0.15, 0.2) is 0 Å². The number of nitrogens with one attached hydrogen (secondary N) is 1. The standard InChI is InChI=1S/C10H15N3O2/c1-7(11)6-9(14)13-8-4-3-5-12-10(8)15-2/h3-5,7H,6,11H2,1-2H3,(H,13,14). The van der Waals surface area contributed by atoms with Crippen molar-refractivity contribution in [1.29, 1.82) is 0 Å². The monoisotopic (exact) mass is 209 g/mol. The minimum absolute atomic E-state index is 0.142. The Bertz CT molecular complexity index is 339. The summed E-state index contributed by atoms with van der Waals surface area (Å²) in [5.74, 6) is 0.256. The molecule has 0 spiro atoms. The molecule has 0 radical (unpaired) electrons. The van der Waals surface area contributed by atoms with E-state index in [1.807, 2.05) is 0 Å². The van der Waals surface area contributed by atoms with Crippen LogP contribution in [0.25, 0.3) is 0 Å². The van der Waals surface area contributed by atoms with E-state index in [1.165, 1.54) is 7.11 Å². The lowest BCUT2D eigenvalue weighted by Crippen LogP contribution is -2.24. The van der Waals surface area contributed by atoms with Gasteiger partial charge in [0.1, 0.15) is 5.69 Å². The molecule has 5 heteroatoms. The number of hydrogen-bond donors (Lipinski definition) is 2. The van der Waals surface area contributed by atoms with Crippen molar-refractivity contribution in [2.75, 3.05) is 12.4 Å². The summed E-state index contributed by atoms with van der Waals surface area (Å²) in [7, 11) is 1.50. The summed E-state index contributed by atoms with van der Waals surface area (Å²) in [6.45, 7) is 1.78. The minimum Gasteiger partial charge on any atom is -0.480 e. The molecule has 0 aliphatic carbocycles. The van der Waals surface area contributed by atoms with Gasteiger partial charge in [0, 0.05) is 18.7 Å². The number of rotatable bonds is 4. The maximum Gasteiger partial charge on any atom is 0.237 e. The molecule has 0 aromatic carbocycles. The highest BCUT2D eigenvalue weighted by Gasteiger charge is 2.09. The van der Waals surface area contributed by atoms with E-state index < -0.39 is 0 Å². The molecule has 1 amide bonds. The van der Waals surface area contributed by atoms with Crippen molar-refractivity contribution in [2.24, 2.45) is 5.73 Å². The largest absolute Gasteiger partial charge is 0.480 e. The third-order valence-corrected chi connectivity index (χ3v) is 1.75. The van der Waals surface area contributed by atoms with Crippen LogP contribution in [-0.4, -0.2) is 24.0 Å². The van der Waals surface area contributed by atoms with E-state index in [9.17, 15) is 4.79 Å². The van der Waals surface area contributed by atoms with Gasteiger partial charge in [-0.3, -0.25) is 4.79 Å². The Morgan fingerprint density at radius 2 is 2.47 bits per heavy atom. The number of amides is 1. The summed E-state index contributed by atoms with van der Waals surface area (Å²) in [6.07, 6.45) is 1.87. The van der Waals surface area contributed by atoms with Crippen molar-refractivity contribution < 1.29 is 9.53 Å². The molecule has 0 aliphatic rings. The van der Waals surface area contributed by atoms with Crippen LogP contribution in [0.1, 0.15) is 13.3 Å². The molecule has 0 saturated heterocycles. The fourth-order valence-electron chi connectivity index (χ4n) is 1.14. The van der Waals surface area contributed by atoms with Gasteiger partial charge in [0.2, 0.25) is 11.8 Å². The lowest BCUT2D eigenvalue weighted by Gasteiger charge is -2.09. The van der Waals surface area contributed by atoms with Gasteiger partial charge < -0.3 is 15.8 Å². The third-order valence-electron chi connectivity index (χ3n) is 1.75. The molecule has 1 rings (SSSR count). The lowest BCUT2D eigenvalue weighted by atomic mass is 10.2. The number of aromatic nitrogens is 1. The first-order chi connectivity index (χ1) is 7.13. The number of carbonyl (C=O) groups excluding carboxylic acids is 1. The zero-order valence-electron chi connectivity index (χ0n) is 8.86. The van der Waals surface area contributed by atoms with E-state index >= 15 is 0 Å². The van der Waals surface area contributed by atoms with E-state index in [-0.39, 0.29) is 18.4 Å². The molecule has 82 valence electrons. The average Bonchev–Trinajstić information content (AvgIpc) is 2.17. The normalized spacial score (nSPS) is 11.9. The lowest BCUT2D eigenvalue weighted by molar-refractivity contribution is -0.116. The molecule has 1 aromatic heterocycles. The van der Waals surface area contributed by atoms with Crippen LogP contribution in [0, 0.1) is 0 Å². The van der Waals surface area contributed by atoms with Crippen LogP contribution < -0.4 is 15.8 Å². The number of anilines is 1. The van der Waals surface area contributed by atoms with Crippen molar-refractivity contribution >= 4 is 11.6 Å². The van der Waals surface area contributed by atoms with Crippen LogP contribution in [0.15, 0.2) is 18.3 Å². The Hall–Kier alpha value is -1.62. The Balaban J connectivity index is 2.67. The Morgan fingerprint density at radius 3 is 3.07 bits per heavy atom. The smallest absolute Gasteiger partial charge is 0.237 e. The van der Waals surface area contributed by atoms with Crippen molar-refractivity contribution in [1.82, 2.24) is 4.98 Å². The molecule has 0 bridgehead atoms. The molecule has 1 unspecified atom stereocenters. The predicted octanol–water partition coefficient (Wildman–Crippen LogP) is 0.766. The topological polar surface area (TPSA) is 77.2 Å². The number of pyridine rings is 1. The van der Waals surface area contributed by atoms with Crippen molar-refractivity contribution in [3.8, 4) is 5.88 Å². The van der Waals surface area contributed by atoms with E-state index in [1.54, 1.807) is 25.3 Å². The van der Waals surface area contributed by atoms with Crippen LogP contribution >= 0.6 is 0 Å². The Kier molecular flexibility index (Phi) is 4.05. The maximum absolute atomic E-state index is 11.4. The number of ether oxygens (including phenoxy) is 1. The number of carbonyl (C=O) groups is 1. The molecule has 1 aromatic rings. The number of nitrogens with two attached hydrogens (primary N) is 1. The van der Waals surface area contributed by atoms with Gasteiger partial charge in [-0.2, -0.15) is 0 Å². The summed E-state index contributed by atoms with van der Waals surface area (Å²) < 4.78 is 4.99. The molecule has 0 aliphatic heterocycles. The highest BCUT2D eigenvalue weighted by molar-refractivity contribution is 5.92. The number of methoxy groups -OCH3 is 1. The van der Waals surface area contributed by atoms with Crippen molar-refractivity contribution in [3.05, 3.63) is 18.3 Å². The molecule has 3 N–H and O–H groups in total. The Morgan fingerprint density at radius 1 is 1.73 bits per heavy atom. The first-order valence-corrected chi connectivity index (χ1v) is 4.68. The minimum atomic E-state index is -0.160. The van der Waals surface area contributed by atoms with Gasteiger partial charge in [-0.05, 0) is 19.1 Å². The molecular formula is C10H15N3O2. The van der Waals surface area contributed by atoms with E-state index in [2.05, 4.69) is 10.3 Å². The van der Waals surface area contributed by atoms with Crippen LogP contribution in [-0.2, 0) is 4.79 Å². The second kappa shape index (κ2) is 5.31. The van der Waals surface area contributed by atoms with E-state index in [4.69, 9.17) is 10.5 Å². The molecular weight excluding hydrogens is 194 g/mol. The highest BCUT2D eigenvalue weighted by Crippen LogP contribution is 2.19. The van der Waals surface area contributed by atoms with Crippen molar-refractivity contribution in [3.63, 3.8) is 0 Å². The Labute approximate surface area is 88.6 Å². The van der Waals surface area contributed by atoms with Gasteiger partial charge >= 0.3 is 0 Å². The molecule has 0 fully saturated rings. The zero-order chi connectivity index (χ0) is 11.3. The molecule has 1 atom stereocenters. The first kappa shape index (κ1) is 11.5. The second-order valence-electron chi connectivity index (χ2n) is 3.29. The van der Waals surface area contributed by atoms with Crippen LogP contribution in [0.2, 0.25) is 0 Å². The summed E-state index contributed by atoms with van der Waals surface area (Å²) in [4.78, 5) is 15.4. The SMILES string of the molecule is COc1ncccc1NC(=O)CC(C)N. The van der Waals surface area contributed by atoms with E-state index in [0.717, 1.165) is 0 Å². The second-order valence-corrected chi connectivity index (χ2v) is 3.29. The highest BCUT2D eigenvalue weighted by atomic mass is 16.5. The fourth-order valence-corrected chi connectivity index (χ4v) is 1.14. The van der Waals surface area contributed by atoms with Gasteiger partial charge in [-0.15, -0.1) is 0 Å². The molecule has 15 heavy (non-hydrogen) atoms. The van der Waals surface area contributed by atoms with Gasteiger partial charge in [-0.1, -0.05) is 0 Å². The maximum atomic E-state index is 11.4. The van der Waals surface area contributed by atoms with Crippen LogP contribution in [0.5, 0.6) is 5.88 Å². The predicted molar refractivity (Wildman–Crippen MR) is 57.7 cm³/mol. The van der Waals surface area contributed by atoms with Gasteiger partial charge in [-0.25, -0.2) is 4.98 Å². The zero-order valence-corrected chi connectivity index (χ0v) is 8.86. The van der Waals surface area contributed by atoms with Gasteiger partial charge in [0.25, 0.3) is 0 Å². The molecule has 5 nitrogen and oxygen atoms in total. The quantitative estimate of drug-likeness (QED) is 0.767. The van der Waals surface area contributed by atoms with Crippen LogP contribution in [0.3, 0.4) is 0 Å². The summed E-state index contributed by atoms with van der Waals surface area (Å²) >= 11 is 0. The summed E-state index contributed by atoms with van der Waals surface area (Å²) in [5, 5.41) is 2.69. The van der Waals surface area contributed by atoms with Gasteiger partial charge in [0.05, 0.1) is 7.11 Å². The molecule has 0 saturated carbocycles. The summed E-state index contributed by atoms with van der Waals surface area (Å²) in [6, 6.07) is 3.29. The number of nitrogens with zero attached hydrogens (tertiary/aromatic N) is 1. The third kappa shape index (κ3) is 3.55. The van der Waals surface area contributed by atoms with Crippen molar-refractivity contribution in [2.45, 2.75) is 19.4 Å².